The van der Waals surface area contributed by atoms with Gasteiger partial charge in [-0.1, -0.05) is 0 Å². The highest BCUT2D eigenvalue weighted by molar-refractivity contribution is 6.68. The van der Waals surface area contributed by atoms with Crippen LogP contribution < -0.4 is 10.3 Å². The highest BCUT2D eigenvalue weighted by Crippen LogP contribution is 2.37. The second-order valence-corrected chi connectivity index (χ2v) is 5.80. The highest BCUT2D eigenvalue weighted by atomic mass is 35.5. The predicted molar refractivity (Wildman–Crippen MR) is 86.4 cm³/mol. The van der Waals surface area contributed by atoms with E-state index in [1.54, 1.807) is 7.11 Å². The van der Waals surface area contributed by atoms with E-state index < -0.39 is 5.24 Å². The quantitative estimate of drug-likeness (QED) is 0.732. The van der Waals surface area contributed by atoms with E-state index in [2.05, 4.69) is 4.98 Å². The first kappa shape index (κ1) is 14.1. The zero-order valence-corrected chi connectivity index (χ0v) is 13.0. The van der Waals surface area contributed by atoms with Crippen molar-refractivity contribution in [2.45, 2.75) is 12.8 Å². The number of carbonyl (C=O) groups excluding carboxylic acids is 1. The third kappa shape index (κ3) is 2.00. The summed E-state index contributed by atoms with van der Waals surface area (Å²) in [4.78, 5) is 26.7. The summed E-state index contributed by atoms with van der Waals surface area (Å²) in [6.45, 7) is 0. The summed E-state index contributed by atoms with van der Waals surface area (Å²) >= 11 is 5.53. The standard InChI is InChI=1S/C17H12ClNO4/c1-22-9-3-5-10-8(6-9)2-4-11-14(10)19-17(21)13-12(16(18)20)7-23-15(11)13/h3,5-7H,2,4H2,1H3,(H,19,21). The minimum absolute atomic E-state index is 0.103. The molecule has 4 rings (SSSR count). The van der Waals surface area contributed by atoms with Crippen molar-refractivity contribution in [2.75, 3.05) is 7.11 Å². The highest BCUT2D eigenvalue weighted by Gasteiger charge is 2.25. The summed E-state index contributed by atoms with van der Waals surface area (Å²) in [6.07, 6.45) is 2.75. The Morgan fingerprint density at radius 2 is 2.17 bits per heavy atom. The Labute approximate surface area is 135 Å². The van der Waals surface area contributed by atoms with Crippen molar-refractivity contribution in [3.8, 4) is 17.0 Å². The second-order valence-electron chi connectivity index (χ2n) is 5.46. The number of nitrogens with one attached hydrogen (secondary N) is 1. The van der Waals surface area contributed by atoms with Gasteiger partial charge in [0.15, 0.2) is 0 Å². The summed E-state index contributed by atoms with van der Waals surface area (Å²) in [7, 11) is 1.62. The number of ether oxygens (including phenoxy) is 1. The van der Waals surface area contributed by atoms with Gasteiger partial charge in [0, 0.05) is 11.1 Å². The minimum atomic E-state index is -0.699. The van der Waals surface area contributed by atoms with Gasteiger partial charge in [-0.15, -0.1) is 0 Å². The van der Waals surface area contributed by atoms with Gasteiger partial charge in [0.1, 0.15) is 17.6 Å². The maximum Gasteiger partial charge on any atom is 0.260 e. The fourth-order valence-corrected chi connectivity index (χ4v) is 3.33. The van der Waals surface area contributed by atoms with E-state index in [0.29, 0.717) is 12.0 Å². The predicted octanol–water partition coefficient (Wildman–Crippen LogP) is 3.27. The Morgan fingerprint density at radius 1 is 1.35 bits per heavy atom. The Balaban J connectivity index is 2.03. The fourth-order valence-electron chi connectivity index (χ4n) is 3.19. The van der Waals surface area contributed by atoms with Gasteiger partial charge in [0.2, 0.25) is 0 Å². The molecule has 5 nitrogen and oxygen atoms in total. The van der Waals surface area contributed by atoms with Crippen molar-refractivity contribution < 1.29 is 13.9 Å². The number of aromatic nitrogens is 1. The van der Waals surface area contributed by atoms with Crippen LogP contribution >= 0.6 is 11.6 Å². The summed E-state index contributed by atoms with van der Waals surface area (Å²) in [5.41, 5.74) is 3.84. The number of hydrogen-bond acceptors (Lipinski definition) is 4. The van der Waals surface area contributed by atoms with E-state index in [-0.39, 0.29) is 16.5 Å². The van der Waals surface area contributed by atoms with Crippen LogP contribution in [-0.2, 0) is 12.8 Å². The normalized spacial score (nSPS) is 12.8. The fraction of sp³-hybridized carbons (Fsp3) is 0.176. The molecule has 1 N–H and O–H groups in total. The second kappa shape index (κ2) is 4.99. The molecular weight excluding hydrogens is 318 g/mol. The largest absolute Gasteiger partial charge is 0.497 e. The summed E-state index contributed by atoms with van der Waals surface area (Å²) in [6, 6.07) is 5.74. The number of carbonyl (C=O) groups is 1. The lowest BCUT2D eigenvalue weighted by Crippen LogP contribution is -2.15. The molecule has 0 saturated carbocycles. The number of furan rings is 1. The minimum Gasteiger partial charge on any atom is -0.497 e. The van der Waals surface area contributed by atoms with Gasteiger partial charge < -0.3 is 14.1 Å². The smallest absolute Gasteiger partial charge is 0.260 e. The Morgan fingerprint density at radius 3 is 2.91 bits per heavy atom. The van der Waals surface area contributed by atoms with Gasteiger partial charge in [0.25, 0.3) is 10.8 Å². The van der Waals surface area contributed by atoms with Gasteiger partial charge in [-0.05, 0) is 48.2 Å². The van der Waals surface area contributed by atoms with Gasteiger partial charge in [0.05, 0.1) is 23.8 Å². The Kier molecular flexibility index (Phi) is 3.06. The lowest BCUT2D eigenvalue weighted by Gasteiger charge is -2.20. The monoisotopic (exact) mass is 329 g/mol. The molecule has 0 amide bonds. The molecule has 0 atom stereocenters. The Hall–Kier alpha value is -2.53. The number of pyridine rings is 1. The number of hydrogen-bond donors (Lipinski definition) is 1. The first-order valence-electron chi connectivity index (χ1n) is 7.13. The van der Waals surface area contributed by atoms with E-state index in [0.717, 1.165) is 34.6 Å². The number of H-pyrrole nitrogens is 1. The number of halogens is 1. The zero-order valence-electron chi connectivity index (χ0n) is 12.2. The van der Waals surface area contributed by atoms with E-state index in [4.69, 9.17) is 20.8 Å². The van der Waals surface area contributed by atoms with E-state index in [1.165, 1.54) is 6.26 Å². The SMILES string of the molecule is COc1ccc2c(c1)CCc1c-2[nH]c(=O)c2c(C(=O)Cl)coc12. The summed E-state index contributed by atoms with van der Waals surface area (Å²) < 4.78 is 10.7. The van der Waals surface area contributed by atoms with Crippen LogP contribution in [-0.4, -0.2) is 17.3 Å². The van der Waals surface area contributed by atoms with Gasteiger partial charge in [-0.2, -0.15) is 0 Å². The molecule has 0 aliphatic heterocycles. The molecule has 1 aromatic carbocycles. The molecule has 0 unspecified atom stereocenters. The van der Waals surface area contributed by atoms with Crippen LogP contribution in [0.5, 0.6) is 5.75 Å². The van der Waals surface area contributed by atoms with Crippen LogP contribution in [0.1, 0.15) is 21.5 Å². The van der Waals surface area contributed by atoms with Crippen molar-refractivity contribution in [2.24, 2.45) is 0 Å². The molecule has 0 bridgehead atoms. The van der Waals surface area contributed by atoms with Crippen LogP contribution in [0.4, 0.5) is 0 Å². The van der Waals surface area contributed by atoms with Crippen LogP contribution in [0.25, 0.3) is 22.2 Å². The molecule has 2 heterocycles. The molecule has 2 aromatic heterocycles. The molecular formula is C17H12ClNO4. The van der Waals surface area contributed by atoms with Crippen molar-refractivity contribution in [3.05, 3.63) is 51.5 Å². The first-order chi connectivity index (χ1) is 11.1. The van der Waals surface area contributed by atoms with Crippen molar-refractivity contribution in [1.29, 1.82) is 0 Å². The molecule has 3 aromatic rings. The lowest BCUT2D eigenvalue weighted by molar-refractivity contribution is 0.108. The average molecular weight is 330 g/mol. The summed E-state index contributed by atoms with van der Waals surface area (Å²) in [5, 5.41) is -0.476. The van der Waals surface area contributed by atoms with Crippen molar-refractivity contribution >= 4 is 27.8 Å². The number of rotatable bonds is 2. The van der Waals surface area contributed by atoms with Gasteiger partial charge >= 0.3 is 0 Å². The number of aromatic amines is 1. The van der Waals surface area contributed by atoms with E-state index in [9.17, 15) is 9.59 Å². The molecule has 0 fully saturated rings. The van der Waals surface area contributed by atoms with Crippen LogP contribution in [0.15, 0.2) is 33.7 Å². The number of aryl methyl sites for hydroxylation is 2. The molecule has 6 heteroatoms. The molecule has 0 spiro atoms. The maximum atomic E-state index is 12.4. The molecule has 0 saturated heterocycles. The number of benzene rings is 1. The third-order valence-corrected chi connectivity index (χ3v) is 4.47. The number of methoxy groups -OCH3 is 1. The lowest BCUT2D eigenvalue weighted by atomic mass is 9.88. The van der Waals surface area contributed by atoms with Gasteiger partial charge in [-0.25, -0.2) is 0 Å². The maximum absolute atomic E-state index is 12.4. The topological polar surface area (TPSA) is 72.3 Å². The van der Waals surface area contributed by atoms with Crippen LogP contribution in [0.3, 0.4) is 0 Å². The van der Waals surface area contributed by atoms with Crippen molar-refractivity contribution in [3.63, 3.8) is 0 Å². The molecule has 23 heavy (non-hydrogen) atoms. The summed E-state index contributed by atoms with van der Waals surface area (Å²) in [5.74, 6) is 0.781. The number of fused-ring (bicyclic) bond motifs is 5. The zero-order chi connectivity index (χ0) is 16.1. The van der Waals surface area contributed by atoms with Crippen LogP contribution in [0, 0.1) is 0 Å². The van der Waals surface area contributed by atoms with Crippen LogP contribution in [0.2, 0.25) is 0 Å². The van der Waals surface area contributed by atoms with E-state index in [1.807, 2.05) is 18.2 Å². The Bertz CT molecular complexity index is 1020. The third-order valence-electron chi connectivity index (χ3n) is 4.27. The average Bonchev–Trinajstić information content (AvgIpc) is 3.00. The van der Waals surface area contributed by atoms with Gasteiger partial charge in [-0.3, -0.25) is 9.59 Å². The molecule has 116 valence electrons. The van der Waals surface area contributed by atoms with Crippen molar-refractivity contribution in [1.82, 2.24) is 4.98 Å². The first-order valence-corrected chi connectivity index (χ1v) is 7.51. The molecule has 1 aliphatic carbocycles. The molecule has 0 radical (unpaired) electrons. The molecule has 1 aliphatic rings. The van der Waals surface area contributed by atoms with E-state index >= 15 is 0 Å².